The quantitative estimate of drug-likeness (QED) is 0.305. The number of hydrogen-bond donors (Lipinski definition) is 3. The Balaban J connectivity index is 1.68. The summed E-state index contributed by atoms with van der Waals surface area (Å²) >= 11 is 0. The van der Waals surface area contributed by atoms with Crippen LogP contribution in [0.1, 0.15) is 35.3 Å². The van der Waals surface area contributed by atoms with Gasteiger partial charge in [0.05, 0.1) is 13.3 Å². The van der Waals surface area contributed by atoms with Gasteiger partial charge in [-0.1, -0.05) is 19.9 Å². The van der Waals surface area contributed by atoms with Gasteiger partial charge in [-0.3, -0.25) is 9.59 Å². The molecule has 3 N–H and O–H groups in total. The number of hydrazone groups is 1. The minimum Gasteiger partial charge on any atom is -0.504 e. The van der Waals surface area contributed by atoms with E-state index in [0.29, 0.717) is 34.6 Å². The fraction of sp³-hybridized carbons (Fsp3) is 0.292. The lowest BCUT2D eigenvalue weighted by atomic mass is 10.0. The van der Waals surface area contributed by atoms with Crippen LogP contribution in [0.15, 0.2) is 48.1 Å². The molecule has 1 atom stereocenters. The van der Waals surface area contributed by atoms with Gasteiger partial charge in [-0.2, -0.15) is 5.10 Å². The summed E-state index contributed by atoms with van der Waals surface area (Å²) in [7, 11) is 1.45. The predicted molar refractivity (Wildman–Crippen MR) is 123 cm³/mol. The van der Waals surface area contributed by atoms with Crippen molar-refractivity contribution in [3.8, 4) is 23.0 Å². The Kier molecular flexibility index (Phi) is 7.55. The molecule has 0 radical (unpaired) electrons. The molecule has 9 nitrogen and oxygen atoms in total. The van der Waals surface area contributed by atoms with Gasteiger partial charge in [0.25, 0.3) is 11.8 Å². The number of methoxy groups -OCH3 is 1. The zero-order valence-corrected chi connectivity index (χ0v) is 18.8. The van der Waals surface area contributed by atoms with Gasteiger partial charge in [-0.25, -0.2) is 5.43 Å². The summed E-state index contributed by atoms with van der Waals surface area (Å²) < 4.78 is 15.7. The minimum atomic E-state index is -0.814. The number of phenols is 1. The number of allylic oxidation sites excluding steroid dienone is 1. The Hall–Kier alpha value is -4.01. The molecule has 3 rings (SSSR count). The number of nitrogens with zero attached hydrogens (tertiary/aromatic N) is 1. The largest absolute Gasteiger partial charge is 0.504 e. The van der Waals surface area contributed by atoms with Crippen LogP contribution >= 0.6 is 0 Å². The molecular formula is C24H27N3O6. The van der Waals surface area contributed by atoms with E-state index in [9.17, 15) is 14.7 Å². The van der Waals surface area contributed by atoms with Gasteiger partial charge >= 0.3 is 0 Å². The topological polar surface area (TPSA) is 118 Å². The minimum absolute atomic E-state index is 0.0321. The van der Waals surface area contributed by atoms with Crippen LogP contribution in [-0.4, -0.2) is 43.1 Å². The van der Waals surface area contributed by atoms with Crippen molar-refractivity contribution in [3.63, 3.8) is 0 Å². The van der Waals surface area contributed by atoms with E-state index in [1.165, 1.54) is 13.3 Å². The maximum Gasteiger partial charge on any atom is 0.262 e. The van der Waals surface area contributed by atoms with Crippen LogP contribution in [0.4, 0.5) is 0 Å². The van der Waals surface area contributed by atoms with Gasteiger partial charge in [0.15, 0.2) is 23.0 Å². The van der Waals surface area contributed by atoms with E-state index in [1.54, 1.807) is 36.4 Å². The van der Waals surface area contributed by atoms with E-state index in [2.05, 4.69) is 22.4 Å². The second-order valence-electron chi connectivity index (χ2n) is 7.72. The Bertz CT molecular complexity index is 1080. The van der Waals surface area contributed by atoms with Gasteiger partial charge in [0, 0.05) is 11.1 Å². The molecule has 2 aromatic carbocycles. The predicted octanol–water partition coefficient (Wildman–Crippen LogP) is 2.76. The number of phenolic OH excluding ortho intramolecular Hbond substituents is 1. The number of rotatable bonds is 9. The summed E-state index contributed by atoms with van der Waals surface area (Å²) in [6, 6.07) is 7.33. The summed E-state index contributed by atoms with van der Waals surface area (Å²) in [6.45, 7) is 7.42. The number of nitrogens with one attached hydrogen (secondary N) is 2. The van der Waals surface area contributed by atoms with Crippen LogP contribution in [0.2, 0.25) is 0 Å². The zero-order chi connectivity index (χ0) is 24.0. The van der Waals surface area contributed by atoms with Crippen molar-refractivity contribution >= 4 is 18.0 Å². The molecule has 1 aliphatic rings. The molecule has 0 saturated heterocycles. The highest BCUT2D eigenvalue weighted by Gasteiger charge is 2.25. The zero-order valence-electron chi connectivity index (χ0n) is 18.8. The number of carbonyl (C=O) groups excluding carboxylic acids is 2. The Labute approximate surface area is 192 Å². The van der Waals surface area contributed by atoms with Crippen LogP contribution < -0.4 is 25.0 Å². The van der Waals surface area contributed by atoms with Gasteiger partial charge in [0.1, 0.15) is 6.04 Å². The first-order chi connectivity index (χ1) is 15.8. The van der Waals surface area contributed by atoms with E-state index in [1.807, 2.05) is 13.8 Å². The number of fused-ring (bicyclic) bond motifs is 1. The number of aromatic hydroxyl groups is 1. The second kappa shape index (κ2) is 10.5. The van der Waals surface area contributed by atoms with E-state index in [-0.39, 0.29) is 24.2 Å². The van der Waals surface area contributed by atoms with Crippen molar-refractivity contribution in [2.24, 2.45) is 11.0 Å². The van der Waals surface area contributed by atoms with Crippen LogP contribution in [0.5, 0.6) is 23.0 Å². The van der Waals surface area contributed by atoms with Crippen molar-refractivity contribution in [1.29, 1.82) is 0 Å². The standard InChI is InChI=1S/C24H27N3O6/c1-5-6-16-9-15(10-20(31-4)22(16)28)12-25-27-24(30)21(14(2)3)26-23(29)17-7-8-18-19(11-17)33-13-32-18/h5,7-12,14,21,28H,1,6,13H2,2-4H3,(H,26,29)(H,27,30)/b25-12-/t21-/m1/s1. The molecule has 0 bridgehead atoms. The molecule has 2 amide bonds. The summed E-state index contributed by atoms with van der Waals surface area (Å²) in [6.07, 6.45) is 3.54. The van der Waals surface area contributed by atoms with Gasteiger partial charge < -0.3 is 24.6 Å². The molecule has 0 spiro atoms. The molecule has 2 aromatic rings. The maximum absolute atomic E-state index is 12.7. The first kappa shape index (κ1) is 23.6. The highest BCUT2D eigenvalue weighted by atomic mass is 16.7. The lowest BCUT2D eigenvalue weighted by Crippen LogP contribution is -2.48. The number of hydrogen-bond acceptors (Lipinski definition) is 7. The van der Waals surface area contributed by atoms with Crippen molar-refractivity contribution in [2.75, 3.05) is 13.9 Å². The highest BCUT2D eigenvalue weighted by Crippen LogP contribution is 2.33. The normalized spacial score (nSPS) is 13.1. The summed E-state index contributed by atoms with van der Waals surface area (Å²) in [5, 5.41) is 16.9. The average molecular weight is 453 g/mol. The van der Waals surface area contributed by atoms with E-state index >= 15 is 0 Å². The van der Waals surface area contributed by atoms with Gasteiger partial charge in [-0.05, 0) is 48.2 Å². The van der Waals surface area contributed by atoms with Crippen molar-refractivity contribution < 1.29 is 28.9 Å². The SMILES string of the molecule is C=CCc1cc(/C=N\NC(=O)[C@H](NC(=O)c2ccc3c(c2)OCO3)C(C)C)cc(OC)c1O. The molecule has 174 valence electrons. The van der Waals surface area contributed by atoms with Crippen molar-refractivity contribution in [3.05, 3.63) is 59.7 Å². The van der Waals surface area contributed by atoms with Crippen LogP contribution in [0, 0.1) is 5.92 Å². The van der Waals surface area contributed by atoms with Gasteiger partial charge in [-0.15, -0.1) is 6.58 Å². The smallest absolute Gasteiger partial charge is 0.262 e. The summed E-state index contributed by atoms with van der Waals surface area (Å²) in [4.78, 5) is 25.4. The third kappa shape index (κ3) is 5.62. The average Bonchev–Trinajstić information content (AvgIpc) is 3.27. The lowest BCUT2D eigenvalue weighted by Gasteiger charge is -2.20. The molecule has 0 saturated carbocycles. The first-order valence-corrected chi connectivity index (χ1v) is 10.4. The second-order valence-corrected chi connectivity index (χ2v) is 7.72. The van der Waals surface area contributed by atoms with Crippen LogP contribution in [-0.2, 0) is 11.2 Å². The van der Waals surface area contributed by atoms with Crippen LogP contribution in [0.25, 0.3) is 0 Å². The molecule has 1 aliphatic heterocycles. The lowest BCUT2D eigenvalue weighted by molar-refractivity contribution is -0.123. The third-order valence-corrected chi connectivity index (χ3v) is 5.02. The number of amides is 2. The third-order valence-electron chi connectivity index (χ3n) is 5.02. The molecule has 9 heteroatoms. The fourth-order valence-corrected chi connectivity index (χ4v) is 3.27. The molecule has 0 aromatic heterocycles. The first-order valence-electron chi connectivity index (χ1n) is 10.4. The summed E-state index contributed by atoms with van der Waals surface area (Å²) in [5.74, 6) is 0.309. The number of ether oxygens (including phenoxy) is 3. The number of carbonyl (C=O) groups is 2. The molecule has 0 fully saturated rings. The van der Waals surface area contributed by atoms with E-state index < -0.39 is 17.9 Å². The highest BCUT2D eigenvalue weighted by molar-refractivity contribution is 5.98. The molecular weight excluding hydrogens is 426 g/mol. The Morgan fingerprint density at radius 3 is 2.70 bits per heavy atom. The van der Waals surface area contributed by atoms with Crippen LogP contribution in [0.3, 0.4) is 0 Å². The fourth-order valence-electron chi connectivity index (χ4n) is 3.27. The van der Waals surface area contributed by atoms with Gasteiger partial charge in [0.2, 0.25) is 6.79 Å². The Morgan fingerprint density at radius 1 is 1.24 bits per heavy atom. The summed E-state index contributed by atoms with van der Waals surface area (Å²) in [5.41, 5.74) is 4.05. The van der Waals surface area contributed by atoms with Crippen molar-refractivity contribution in [2.45, 2.75) is 26.3 Å². The van der Waals surface area contributed by atoms with E-state index in [4.69, 9.17) is 14.2 Å². The maximum atomic E-state index is 12.7. The molecule has 1 heterocycles. The molecule has 33 heavy (non-hydrogen) atoms. The number of benzene rings is 2. The molecule has 0 aliphatic carbocycles. The monoisotopic (exact) mass is 453 g/mol. The van der Waals surface area contributed by atoms with Crippen molar-refractivity contribution in [1.82, 2.24) is 10.7 Å². The molecule has 0 unspecified atom stereocenters. The Morgan fingerprint density at radius 2 is 2.00 bits per heavy atom. The van der Waals surface area contributed by atoms with E-state index in [0.717, 1.165) is 0 Å².